The lowest BCUT2D eigenvalue weighted by Crippen LogP contribution is -2.34. The second-order valence-corrected chi connectivity index (χ2v) is 3.71. The number of pyridine rings is 1. The minimum absolute atomic E-state index is 0.148. The lowest BCUT2D eigenvalue weighted by atomic mass is 10.4. The summed E-state index contributed by atoms with van der Waals surface area (Å²) in [6.45, 7) is -0.195. The standard InChI is InChI=1S/C13H12N4O3/c18-12(9-15-13(19)11-5-3-7-20-11)17-16-8-10-4-1-2-6-14-10/h1-8H,9H2,(H,15,19)(H,17,18)/b16-8-. The van der Waals surface area contributed by atoms with Gasteiger partial charge in [-0.25, -0.2) is 5.43 Å². The minimum Gasteiger partial charge on any atom is -0.459 e. The van der Waals surface area contributed by atoms with Crippen LogP contribution in [0.4, 0.5) is 0 Å². The molecule has 0 aliphatic heterocycles. The Labute approximate surface area is 114 Å². The number of nitrogens with one attached hydrogen (secondary N) is 2. The average molecular weight is 272 g/mol. The Hall–Kier alpha value is -2.96. The first-order chi connectivity index (χ1) is 9.75. The van der Waals surface area contributed by atoms with Gasteiger partial charge >= 0.3 is 0 Å². The molecule has 2 amide bonds. The Morgan fingerprint density at radius 2 is 2.20 bits per heavy atom. The summed E-state index contributed by atoms with van der Waals surface area (Å²) in [6, 6.07) is 8.42. The number of hydrogen-bond donors (Lipinski definition) is 2. The highest BCUT2D eigenvalue weighted by Gasteiger charge is 2.09. The molecule has 0 saturated heterocycles. The molecule has 2 aromatic heterocycles. The summed E-state index contributed by atoms with van der Waals surface area (Å²) in [5.74, 6) is -0.759. The number of nitrogens with zero attached hydrogens (tertiary/aromatic N) is 2. The number of aromatic nitrogens is 1. The van der Waals surface area contributed by atoms with Gasteiger partial charge in [-0.2, -0.15) is 5.10 Å². The monoisotopic (exact) mass is 272 g/mol. The molecule has 0 bridgehead atoms. The molecule has 0 spiro atoms. The molecule has 0 aromatic carbocycles. The zero-order valence-corrected chi connectivity index (χ0v) is 10.4. The molecule has 2 aromatic rings. The van der Waals surface area contributed by atoms with Gasteiger partial charge in [-0.3, -0.25) is 14.6 Å². The van der Waals surface area contributed by atoms with Crippen molar-refractivity contribution in [3.63, 3.8) is 0 Å². The minimum atomic E-state index is -0.459. The quantitative estimate of drug-likeness (QED) is 0.613. The van der Waals surface area contributed by atoms with E-state index in [4.69, 9.17) is 4.42 Å². The predicted molar refractivity (Wildman–Crippen MR) is 71.0 cm³/mol. The van der Waals surface area contributed by atoms with E-state index in [9.17, 15) is 9.59 Å². The lowest BCUT2D eigenvalue weighted by molar-refractivity contribution is -0.120. The van der Waals surface area contributed by atoms with Gasteiger partial charge in [0.2, 0.25) is 0 Å². The van der Waals surface area contributed by atoms with E-state index in [2.05, 4.69) is 20.8 Å². The van der Waals surface area contributed by atoms with Crippen LogP contribution in [0.15, 0.2) is 52.3 Å². The van der Waals surface area contributed by atoms with Crippen LogP contribution in [0.2, 0.25) is 0 Å². The smallest absolute Gasteiger partial charge is 0.287 e. The average Bonchev–Trinajstić information content (AvgIpc) is 3.00. The molecule has 2 heterocycles. The van der Waals surface area contributed by atoms with Crippen LogP contribution in [0.3, 0.4) is 0 Å². The summed E-state index contributed by atoms with van der Waals surface area (Å²) in [5, 5.41) is 6.12. The molecule has 0 fully saturated rings. The van der Waals surface area contributed by atoms with Crippen molar-refractivity contribution in [3.05, 3.63) is 54.2 Å². The number of rotatable bonds is 5. The maximum absolute atomic E-state index is 11.5. The van der Waals surface area contributed by atoms with E-state index in [0.717, 1.165) is 0 Å². The summed E-state index contributed by atoms with van der Waals surface area (Å²) in [5.41, 5.74) is 2.89. The van der Waals surface area contributed by atoms with Crippen LogP contribution < -0.4 is 10.7 Å². The molecule has 20 heavy (non-hydrogen) atoms. The summed E-state index contributed by atoms with van der Waals surface area (Å²) in [4.78, 5) is 26.9. The van der Waals surface area contributed by atoms with Crippen molar-refractivity contribution in [1.29, 1.82) is 0 Å². The van der Waals surface area contributed by atoms with Crippen molar-refractivity contribution in [2.45, 2.75) is 0 Å². The van der Waals surface area contributed by atoms with Crippen LogP contribution in [0.25, 0.3) is 0 Å². The van der Waals surface area contributed by atoms with Gasteiger partial charge in [-0.05, 0) is 24.3 Å². The molecule has 2 N–H and O–H groups in total. The second kappa shape index (κ2) is 6.83. The highest BCUT2D eigenvalue weighted by Crippen LogP contribution is 1.98. The molecule has 7 heteroatoms. The summed E-state index contributed by atoms with van der Waals surface area (Å²) >= 11 is 0. The SMILES string of the molecule is O=C(CNC(=O)c1ccco1)N/N=C\c1ccccn1. The van der Waals surface area contributed by atoms with Crippen LogP contribution in [-0.4, -0.2) is 29.6 Å². The predicted octanol–water partition coefficient (Wildman–Crippen LogP) is 0.555. The maximum Gasteiger partial charge on any atom is 0.287 e. The maximum atomic E-state index is 11.5. The van der Waals surface area contributed by atoms with Gasteiger partial charge in [0.05, 0.1) is 24.7 Å². The molecular formula is C13H12N4O3. The van der Waals surface area contributed by atoms with E-state index in [0.29, 0.717) is 5.69 Å². The number of amides is 2. The van der Waals surface area contributed by atoms with E-state index < -0.39 is 11.8 Å². The van der Waals surface area contributed by atoms with Crippen molar-refractivity contribution in [2.24, 2.45) is 5.10 Å². The van der Waals surface area contributed by atoms with Crippen molar-refractivity contribution in [3.8, 4) is 0 Å². The summed E-state index contributed by atoms with van der Waals surface area (Å²) in [7, 11) is 0. The third-order valence-corrected chi connectivity index (χ3v) is 2.23. The van der Waals surface area contributed by atoms with Crippen LogP contribution in [-0.2, 0) is 4.79 Å². The van der Waals surface area contributed by atoms with E-state index in [1.54, 1.807) is 30.5 Å². The number of carbonyl (C=O) groups is 2. The fraction of sp³-hybridized carbons (Fsp3) is 0.0769. The van der Waals surface area contributed by atoms with Crippen molar-refractivity contribution in [1.82, 2.24) is 15.7 Å². The van der Waals surface area contributed by atoms with E-state index in [1.165, 1.54) is 18.5 Å². The van der Waals surface area contributed by atoms with Gasteiger partial charge in [0.25, 0.3) is 11.8 Å². The molecule has 2 rings (SSSR count). The first kappa shape index (κ1) is 13.5. The molecule has 0 aliphatic rings. The first-order valence-electron chi connectivity index (χ1n) is 5.80. The molecule has 0 radical (unpaired) electrons. The molecule has 0 atom stereocenters. The summed E-state index contributed by atoms with van der Waals surface area (Å²) < 4.78 is 4.88. The Kier molecular flexibility index (Phi) is 4.60. The number of hydrogen-bond acceptors (Lipinski definition) is 5. The van der Waals surface area contributed by atoms with E-state index in [-0.39, 0.29) is 12.3 Å². The van der Waals surface area contributed by atoms with Gasteiger partial charge < -0.3 is 9.73 Å². The molecule has 102 valence electrons. The molecule has 0 unspecified atom stereocenters. The van der Waals surface area contributed by atoms with Gasteiger partial charge in [-0.1, -0.05) is 6.07 Å². The third-order valence-electron chi connectivity index (χ3n) is 2.23. The lowest BCUT2D eigenvalue weighted by Gasteiger charge is -2.01. The topological polar surface area (TPSA) is 96.6 Å². The van der Waals surface area contributed by atoms with Gasteiger partial charge in [-0.15, -0.1) is 0 Å². The van der Waals surface area contributed by atoms with Gasteiger partial charge in [0, 0.05) is 6.20 Å². The Bertz CT molecular complexity index is 593. The fourth-order valence-corrected chi connectivity index (χ4v) is 1.32. The molecular weight excluding hydrogens is 260 g/mol. The van der Waals surface area contributed by atoms with Crippen LogP contribution >= 0.6 is 0 Å². The Morgan fingerprint density at radius 1 is 1.30 bits per heavy atom. The van der Waals surface area contributed by atoms with E-state index in [1.807, 2.05) is 0 Å². The normalized spacial score (nSPS) is 10.4. The van der Waals surface area contributed by atoms with Crippen LogP contribution in [0.1, 0.15) is 16.2 Å². The largest absolute Gasteiger partial charge is 0.459 e. The Morgan fingerprint density at radius 3 is 2.90 bits per heavy atom. The summed E-state index contributed by atoms with van der Waals surface area (Å²) in [6.07, 6.45) is 4.41. The first-order valence-corrected chi connectivity index (χ1v) is 5.80. The van der Waals surface area contributed by atoms with Crippen molar-refractivity contribution in [2.75, 3.05) is 6.54 Å². The highest BCUT2D eigenvalue weighted by atomic mass is 16.3. The van der Waals surface area contributed by atoms with Gasteiger partial charge in [0.15, 0.2) is 5.76 Å². The van der Waals surface area contributed by atoms with Crippen molar-refractivity contribution < 1.29 is 14.0 Å². The number of furan rings is 1. The number of carbonyl (C=O) groups excluding carboxylic acids is 2. The Balaban J connectivity index is 1.73. The number of hydrazone groups is 1. The molecule has 0 aliphatic carbocycles. The molecule has 0 saturated carbocycles. The fourth-order valence-electron chi connectivity index (χ4n) is 1.32. The van der Waals surface area contributed by atoms with Crippen LogP contribution in [0, 0.1) is 0 Å². The van der Waals surface area contributed by atoms with Gasteiger partial charge in [0.1, 0.15) is 0 Å². The molecule has 7 nitrogen and oxygen atoms in total. The van der Waals surface area contributed by atoms with Crippen LogP contribution in [0.5, 0.6) is 0 Å². The highest BCUT2D eigenvalue weighted by molar-refractivity contribution is 5.94. The zero-order chi connectivity index (χ0) is 14.2. The third kappa shape index (κ3) is 4.05. The van der Waals surface area contributed by atoms with E-state index >= 15 is 0 Å². The zero-order valence-electron chi connectivity index (χ0n) is 10.4. The van der Waals surface area contributed by atoms with Crippen molar-refractivity contribution >= 4 is 18.0 Å². The second-order valence-electron chi connectivity index (χ2n) is 3.71.